The molecular weight excluding hydrogens is 479 g/mol. The number of nitrogens with one attached hydrogen (secondary N) is 3. The molecule has 0 bridgehead atoms. The predicted molar refractivity (Wildman–Crippen MR) is 133 cm³/mol. The Hall–Kier alpha value is -3.88. The first-order valence-corrected chi connectivity index (χ1v) is 10.8. The van der Waals surface area contributed by atoms with Crippen LogP contribution in [0.1, 0.15) is 11.1 Å². The molecule has 0 radical (unpaired) electrons. The lowest BCUT2D eigenvalue weighted by Gasteiger charge is -2.11. The third-order valence-electron chi connectivity index (χ3n) is 4.45. The Morgan fingerprint density at radius 3 is 2.44 bits per heavy atom. The second kappa shape index (κ2) is 11.8. The zero-order chi connectivity index (χ0) is 24.5. The van der Waals surface area contributed by atoms with Crippen molar-refractivity contribution in [3.05, 3.63) is 87.9 Å². The highest BCUT2D eigenvalue weighted by Gasteiger charge is 2.14. The summed E-state index contributed by atoms with van der Waals surface area (Å²) in [7, 11) is 0. The number of carbonyl (C=O) groups is 3. The number of nitrogens with zero attached hydrogens (tertiary/aromatic N) is 1. The molecule has 10 heteroatoms. The fourth-order valence-corrected chi connectivity index (χ4v) is 3.09. The molecule has 3 aromatic carbocycles. The summed E-state index contributed by atoms with van der Waals surface area (Å²) in [5.74, 6) is -1.92. The largest absolute Gasteiger partial charge is 0.483 e. The number of carbonyl (C=O) groups excluding carboxylic acids is 3. The van der Waals surface area contributed by atoms with Crippen molar-refractivity contribution in [3.63, 3.8) is 0 Å². The van der Waals surface area contributed by atoms with E-state index >= 15 is 0 Å². The molecule has 3 aromatic rings. The van der Waals surface area contributed by atoms with E-state index in [1.54, 1.807) is 66.7 Å². The number of hydrogen-bond donors (Lipinski definition) is 3. The zero-order valence-corrected chi connectivity index (χ0v) is 19.5. The SMILES string of the molecule is Cc1ccc(Cl)cc1NC(=O)COc1ccccc1/C=N\NC(=O)C(=O)Nc1ccccc1Cl. The second-order valence-corrected chi connectivity index (χ2v) is 7.81. The Balaban J connectivity index is 1.55. The Kier molecular flexibility index (Phi) is 8.61. The van der Waals surface area contributed by atoms with Gasteiger partial charge in [-0.3, -0.25) is 14.4 Å². The maximum Gasteiger partial charge on any atom is 0.329 e. The van der Waals surface area contributed by atoms with Gasteiger partial charge < -0.3 is 15.4 Å². The van der Waals surface area contributed by atoms with Crippen LogP contribution >= 0.6 is 23.2 Å². The lowest BCUT2D eigenvalue weighted by Crippen LogP contribution is -2.32. The Morgan fingerprint density at radius 2 is 1.65 bits per heavy atom. The van der Waals surface area contributed by atoms with Gasteiger partial charge in [-0.1, -0.05) is 53.5 Å². The molecule has 0 aliphatic carbocycles. The van der Waals surface area contributed by atoms with Crippen LogP contribution < -0.4 is 20.8 Å². The number of rotatable bonds is 7. The molecule has 0 heterocycles. The van der Waals surface area contributed by atoms with Crippen molar-refractivity contribution in [2.75, 3.05) is 17.2 Å². The summed E-state index contributed by atoms with van der Waals surface area (Å²) in [5.41, 5.74) is 4.38. The number of ether oxygens (including phenoxy) is 1. The number of hydrogen-bond acceptors (Lipinski definition) is 5. The predicted octanol–water partition coefficient (Wildman–Crippen LogP) is 4.41. The normalized spacial score (nSPS) is 10.6. The van der Waals surface area contributed by atoms with Gasteiger partial charge in [-0.2, -0.15) is 5.10 Å². The van der Waals surface area contributed by atoms with E-state index < -0.39 is 11.8 Å². The van der Waals surface area contributed by atoms with Gasteiger partial charge in [-0.05, 0) is 48.9 Å². The molecule has 0 spiro atoms. The molecule has 3 N–H and O–H groups in total. The average molecular weight is 499 g/mol. The van der Waals surface area contributed by atoms with Crippen molar-refractivity contribution in [1.29, 1.82) is 0 Å². The van der Waals surface area contributed by atoms with Crippen molar-refractivity contribution in [2.45, 2.75) is 6.92 Å². The van der Waals surface area contributed by atoms with Gasteiger partial charge in [0.1, 0.15) is 5.75 Å². The van der Waals surface area contributed by atoms with Gasteiger partial charge in [-0.15, -0.1) is 0 Å². The minimum absolute atomic E-state index is 0.261. The maximum atomic E-state index is 12.3. The summed E-state index contributed by atoms with van der Waals surface area (Å²) in [4.78, 5) is 36.3. The highest BCUT2D eigenvalue weighted by Crippen LogP contribution is 2.21. The van der Waals surface area contributed by atoms with E-state index in [9.17, 15) is 14.4 Å². The fraction of sp³-hybridized carbons (Fsp3) is 0.0833. The molecule has 0 atom stereocenters. The van der Waals surface area contributed by atoms with Crippen LogP contribution in [0.5, 0.6) is 5.75 Å². The lowest BCUT2D eigenvalue weighted by molar-refractivity contribution is -0.136. The summed E-state index contributed by atoms with van der Waals surface area (Å²) in [6, 6.07) is 18.5. The molecule has 0 aliphatic heterocycles. The summed E-state index contributed by atoms with van der Waals surface area (Å²) in [6.07, 6.45) is 1.30. The van der Waals surface area contributed by atoms with E-state index in [0.29, 0.717) is 32.7 Å². The first-order valence-electron chi connectivity index (χ1n) is 10.00. The van der Waals surface area contributed by atoms with Gasteiger partial charge in [0.15, 0.2) is 6.61 Å². The standard InChI is InChI=1S/C24H20Cl2N4O4/c1-15-10-11-17(25)12-20(15)28-22(31)14-34-21-9-5-2-6-16(21)13-27-30-24(33)23(32)29-19-8-4-3-7-18(19)26/h2-13H,14H2,1H3,(H,28,31)(H,29,32)(H,30,33)/b27-13-. The Labute approximate surface area is 205 Å². The molecule has 0 fully saturated rings. The van der Waals surface area contributed by atoms with Crippen molar-refractivity contribution in [1.82, 2.24) is 5.43 Å². The summed E-state index contributed by atoms with van der Waals surface area (Å²) in [6.45, 7) is 1.59. The van der Waals surface area contributed by atoms with Crippen molar-refractivity contribution >= 4 is 58.5 Å². The molecule has 0 unspecified atom stereocenters. The number of aryl methyl sites for hydroxylation is 1. The maximum absolute atomic E-state index is 12.3. The molecule has 174 valence electrons. The fourth-order valence-electron chi connectivity index (χ4n) is 2.73. The number of anilines is 2. The van der Waals surface area contributed by atoms with E-state index in [2.05, 4.69) is 21.2 Å². The van der Waals surface area contributed by atoms with Gasteiger partial charge in [0.2, 0.25) is 0 Å². The molecule has 0 aliphatic rings. The minimum Gasteiger partial charge on any atom is -0.483 e. The van der Waals surface area contributed by atoms with Gasteiger partial charge >= 0.3 is 11.8 Å². The topological polar surface area (TPSA) is 109 Å². The van der Waals surface area contributed by atoms with E-state index in [-0.39, 0.29) is 12.5 Å². The van der Waals surface area contributed by atoms with Crippen LogP contribution in [0.15, 0.2) is 71.8 Å². The van der Waals surface area contributed by atoms with E-state index in [1.165, 1.54) is 6.21 Å². The Morgan fingerprint density at radius 1 is 0.912 bits per heavy atom. The van der Waals surface area contributed by atoms with E-state index in [1.807, 2.05) is 6.92 Å². The van der Waals surface area contributed by atoms with E-state index in [4.69, 9.17) is 27.9 Å². The van der Waals surface area contributed by atoms with Crippen molar-refractivity contribution in [3.8, 4) is 5.75 Å². The van der Waals surface area contributed by atoms with Crippen LogP contribution in [-0.2, 0) is 14.4 Å². The summed E-state index contributed by atoms with van der Waals surface area (Å²) >= 11 is 11.9. The first-order chi connectivity index (χ1) is 16.3. The van der Waals surface area contributed by atoms with Crippen LogP contribution in [0.2, 0.25) is 10.0 Å². The molecule has 3 rings (SSSR count). The molecule has 0 saturated heterocycles. The second-order valence-electron chi connectivity index (χ2n) is 6.97. The van der Waals surface area contributed by atoms with Crippen LogP contribution in [-0.4, -0.2) is 30.5 Å². The van der Waals surface area contributed by atoms with E-state index in [0.717, 1.165) is 5.56 Å². The molecular formula is C24H20Cl2N4O4. The number of halogens is 2. The Bertz CT molecular complexity index is 1250. The van der Waals surface area contributed by atoms with Crippen LogP contribution in [0, 0.1) is 6.92 Å². The quantitative estimate of drug-likeness (QED) is 0.254. The lowest BCUT2D eigenvalue weighted by atomic mass is 10.2. The zero-order valence-electron chi connectivity index (χ0n) is 18.0. The molecule has 34 heavy (non-hydrogen) atoms. The van der Waals surface area contributed by atoms with Crippen LogP contribution in [0.25, 0.3) is 0 Å². The summed E-state index contributed by atoms with van der Waals surface area (Å²) in [5, 5.41) is 9.73. The highest BCUT2D eigenvalue weighted by molar-refractivity contribution is 6.41. The molecule has 0 saturated carbocycles. The van der Waals surface area contributed by atoms with Gasteiger partial charge in [0.05, 0.1) is 16.9 Å². The molecule has 8 nitrogen and oxygen atoms in total. The minimum atomic E-state index is -0.981. The van der Waals surface area contributed by atoms with Crippen LogP contribution in [0.3, 0.4) is 0 Å². The molecule has 0 aromatic heterocycles. The summed E-state index contributed by atoms with van der Waals surface area (Å²) < 4.78 is 5.60. The molecule has 3 amide bonds. The van der Waals surface area contributed by atoms with Gasteiger partial charge in [0.25, 0.3) is 5.91 Å². The third kappa shape index (κ3) is 7.06. The number of hydrazone groups is 1. The smallest absolute Gasteiger partial charge is 0.329 e. The first kappa shape index (κ1) is 24.8. The number of benzene rings is 3. The van der Waals surface area contributed by atoms with Crippen molar-refractivity contribution in [2.24, 2.45) is 5.10 Å². The number of amides is 3. The third-order valence-corrected chi connectivity index (χ3v) is 5.01. The van der Waals surface area contributed by atoms with Crippen LogP contribution in [0.4, 0.5) is 11.4 Å². The monoisotopic (exact) mass is 498 g/mol. The van der Waals surface area contributed by atoms with Gasteiger partial charge in [-0.25, -0.2) is 5.43 Å². The highest BCUT2D eigenvalue weighted by atomic mass is 35.5. The van der Waals surface area contributed by atoms with Gasteiger partial charge in [0, 0.05) is 16.3 Å². The van der Waals surface area contributed by atoms with Crippen molar-refractivity contribution < 1.29 is 19.1 Å². The average Bonchev–Trinajstić information content (AvgIpc) is 2.82. The number of para-hydroxylation sites is 2.